The zero-order valence-corrected chi connectivity index (χ0v) is 8.75. The van der Waals surface area contributed by atoms with E-state index in [1.54, 1.807) is 0 Å². The third-order valence-corrected chi connectivity index (χ3v) is 2.64. The molecule has 0 atom stereocenters. The predicted octanol–water partition coefficient (Wildman–Crippen LogP) is 2.22. The smallest absolute Gasteiger partial charge is 0.152 e. The average Bonchev–Trinajstić information content (AvgIpc) is 2.17. The van der Waals surface area contributed by atoms with Crippen LogP contribution in [0.4, 0.5) is 5.69 Å². The molecular formula is C11H19N2+. The lowest BCUT2D eigenvalue weighted by molar-refractivity contribution is 0.311. The summed E-state index contributed by atoms with van der Waals surface area (Å²) >= 11 is 0. The van der Waals surface area contributed by atoms with Crippen molar-refractivity contribution in [3.8, 4) is 0 Å². The van der Waals surface area contributed by atoms with Gasteiger partial charge in [0, 0.05) is 12.1 Å². The molecule has 0 unspecified atom stereocenters. The van der Waals surface area contributed by atoms with E-state index in [-0.39, 0.29) is 0 Å². The molecule has 0 aliphatic rings. The fourth-order valence-electron chi connectivity index (χ4n) is 1.49. The Hall–Kier alpha value is -0.860. The number of hydrogen-bond donors (Lipinski definition) is 1. The summed E-state index contributed by atoms with van der Waals surface area (Å²) in [7, 11) is 0. The molecule has 0 aliphatic carbocycles. The van der Waals surface area contributed by atoms with Crippen LogP contribution in [0.1, 0.15) is 19.4 Å². The van der Waals surface area contributed by atoms with Gasteiger partial charge in [0.2, 0.25) is 0 Å². The van der Waals surface area contributed by atoms with Crippen molar-refractivity contribution >= 4 is 5.69 Å². The highest BCUT2D eigenvalue weighted by molar-refractivity contribution is 5.43. The highest BCUT2D eigenvalue weighted by Gasteiger charge is 2.21. The number of rotatable bonds is 3. The van der Waals surface area contributed by atoms with Gasteiger partial charge in [-0.15, -0.1) is 0 Å². The zero-order chi connectivity index (χ0) is 9.90. The molecule has 0 amide bonds. The summed E-state index contributed by atoms with van der Waals surface area (Å²) in [6, 6.07) is 8.42. The van der Waals surface area contributed by atoms with Gasteiger partial charge in [-0.2, -0.15) is 5.84 Å². The minimum absolute atomic E-state index is 0.529. The van der Waals surface area contributed by atoms with E-state index in [4.69, 9.17) is 5.84 Å². The molecule has 0 radical (unpaired) electrons. The number of hydrogen-bond acceptors (Lipinski definition) is 1. The Bertz CT molecular complexity index is 277. The third kappa shape index (κ3) is 2.08. The molecule has 0 saturated carbocycles. The van der Waals surface area contributed by atoms with E-state index >= 15 is 0 Å². The summed E-state index contributed by atoms with van der Waals surface area (Å²) in [5.74, 6) is 6.22. The SMILES string of the molecule is CC[N+](N)(CC)c1cccc(C)c1. The molecule has 0 spiro atoms. The molecule has 0 aromatic heterocycles. The van der Waals surface area contributed by atoms with Crippen LogP contribution in [0, 0.1) is 6.92 Å². The van der Waals surface area contributed by atoms with E-state index < -0.39 is 0 Å². The first kappa shape index (κ1) is 10.2. The third-order valence-electron chi connectivity index (χ3n) is 2.64. The summed E-state index contributed by atoms with van der Waals surface area (Å²) in [4.78, 5) is 0. The van der Waals surface area contributed by atoms with Crippen molar-refractivity contribution in [3.05, 3.63) is 29.8 Å². The quantitative estimate of drug-likeness (QED) is 0.430. The van der Waals surface area contributed by atoms with Crippen LogP contribution in [0.3, 0.4) is 0 Å². The van der Waals surface area contributed by atoms with Crippen molar-refractivity contribution in [1.29, 1.82) is 0 Å². The molecule has 0 saturated heterocycles. The van der Waals surface area contributed by atoms with Gasteiger partial charge < -0.3 is 0 Å². The molecule has 0 fully saturated rings. The first-order valence-corrected chi connectivity index (χ1v) is 4.85. The Morgan fingerprint density at radius 1 is 1.23 bits per heavy atom. The average molecular weight is 179 g/mol. The van der Waals surface area contributed by atoms with Gasteiger partial charge in [0.25, 0.3) is 0 Å². The maximum absolute atomic E-state index is 6.22. The van der Waals surface area contributed by atoms with E-state index in [1.165, 1.54) is 11.3 Å². The second-order valence-corrected chi connectivity index (χ2v) is 3.51. The fraction of sp³-hybridized carbons (Fsp3) is 0.455. The first-order chi connectivity index (χ1) is 6.12. The van der Waals surface area contributed by atoms with Crippen LogP contribution in [-0.4, -0.2) is 13.1 Å². The second-order valence-electron chi connectivity index (χ2n) is 3.51. The molecular weight excluding hydrogens is 160 g/mol. The van der Waals surface area contributed by atoms with Crippen molar-refractivity contribution in [3.63, 3.8) is 0 Å². The predicted molar refractivity (Wildman–Crippen MR) is 58.2 cm³/mol. The van der Waals surface area contributed by atoms with Crippen molar-refractivity contribution in [2.45, 2.75) is 20.8 Å². The Morgan fingerprint density at radius 3 is 2.31 bits per heavy atom. The minimum atomic E-state index is 0.529. The molecule has 0 heterocycles. The van der Waals surface area contributed by atoms with E-state index in [0.717, 1.165) is 13.1 Å². The molecule has 13 heavy (non-hydrogen) atoms. The van der Waals surface area contributed by atoms with Crippen LogP contribution in [0.25, 0.3) is 0 Å². The minimum Gasteiger partial charge on any atom is -0.217 e. The molecule has 2 nitrogen and oxygen atoms in total. The van der Waals surface area contributed by atoms with Gasteiger partial charge in [-0.05, 0) is 26.3 Å². The molecule has 1 aromatic rings. The number of nitrogens with zero attached hydrogens (tertiary/aromatic N) is 1. The highest BCUT2D eigenvalue weighted by atomic mass is 15.6. The van der Waals surface area contributed by atoms with Crippen molar-refractivity contribution < 1.29 is 0 Å². The maximum atomic E-state index is 6.22. The Labute approximate surface area is 80.5 Å². The molecule has 2 heteroatoms. The van der Waals surface area contributed by atoms with Crippen LogP contribution in [0.15, 0.2) is 24.3 Å². The summed E-state index contributed by atoms with van der Waals surface area (Å²) in [6.45, 7) is 8.19. The lowest BCUT2D eigenvalue weighted by atomic mass is 10.2. The normalized spacial score (nSPS) is 11.7. The van der Waals surface area contributed by atoms with Crippen LogP contribution in [0.5, 0.6) is 0 Å². The van der Waals surface area contributed by atoms with Gasteiger partial charge in [0.05, 0.1) is 13.1 Å². The number of aryl methyl sites for hydroxylation is 1. The zero-order valence-electron chi connectivity index (χ0n) is 8.75. The summed E-state index contributed by atoms with van der Waals surface area (Å²) in [5, 5.41) is 0. The van der Waals surface area contributed by atoms with E-state index in [2.05, 4.69) is 45.0 Å². The van der Waals surface area contributed by atoms with Crippen LogP contribution >= 0.6 is 0 Å². The first-order valence-electron chi connectivity index (χ1n) is 4.85. The molecule has 0 aliphatic heterocycles. The fourth-order valence-corrected chi connectivity index (χ4v) is 1.49. The lowest BCUT2D eigenvalue weighted by Crippen LogP contribution is -2.55. The van der Waals surface area contributed by atoms with Crippen molar-refractivity contribution in [1.82, 2.24) is 4.59 Å². The lowest BCUT2D eigenvalue weighted by Gasteiger charge is -2.29. The molecule has 72 valence electrons. The molecule has 1 rings (SSSR count). The van der Waals surface area contributed by atoms with Crippen molar-refractivity contribution in [2.75, 3.05) is 13.1 Å². The van der Waals surface area contributed by atoms with E-state index in [9.17, 15) is 0 Å². The molecule has 1 aromatic carbocycles. The van der Waals surface area contributed by atoms with Gasteiger partial charge in [-0.3, -0.25) is 0 Å². The number of quaternary nitrogens is 1. The maximum Gasteiger partial charge on any atom is 0.152 e. The Kier molecular flexibility index (Phi) is 3.07. The van der Waals surface area contributed by atoms with Gasteiger partial charge >= 0.3 is 0 Å². The second kappa shape index (κ2) is 3.90. The van der Waals surface area contributed by atoms with Crippen LogP contribution in [0.2, 0.25) is 0 Å². The van der Waals surface area contributed by atoms with E-state index in [1.807, 2.05) is 0 Å². The van der Waals surface area contributed by atoms with Gasteiger partial charge in [0.15, 0.2) is 5.69 Å². The van der Waals surface area contributed by atoms with Gasteiger partial charge in [-0.1, -0.05) is 12.1 Å². The number of nitrogens with two attached hydrogens (primary N) is 1. The van der Waals surface area contributed by atoms with Gasteiger partial charge in [-0.25, -0.2) is 4.59 Å². The molecule has 0 bridgehead atoms. The summed E-state index contributed by atoms with van der Waals surface area (Å²) < 4.78 is 0.529. The number of benzene rings is 1. The van der Waals surface area contributed by atoms with Crippen molar-refractivity contribution in [2.24, 2.45) is 5.84 Å². The largest absolute Gasteiger partial charge is 0.217 e. The Balaban J connectivity index is 3.05. The van der Waals surface area contributed by atoms with Gasteiger partial charge in [0.1, 0.15) is 0 Å². The topological polar surface area (TPSA) is 26.0 Å². The highest BCUT2D eigenvalue weighted by Crippen LogP contribution is 2.19. The van der Waals surface area contributed by atoms with E-state index in [0.29, 0.717) is 4.59 Å². The Morgan fingerprint density at radius 2 is 1.85 bits per heavy atom. The van der Waals surface area contributed by atoms with Crippen LogP contribution < -0.4 is 10.4 Å². The summed E-state index contributed by atoms with van der Waals surface area (Å²) in [5.41, 5.74) is 2.47. The van der Waals surface area contributed by atoms with Crippen LogP contribution in [-0.2, 0) is 0 Å². The summed E-state index contributed by atoms with van der Waals surface area (Å²) in [6.07, 6.45) is 0. The molecule has 2 N–H and O–H groups in total. The monoisotopic (exact) mass is 179 g/mol. The standard InChI is InChI=1S/C11H19N2/c1-4-13(12,5-2)11-8-6-7-10(3)9-11/h6-9H,4-5,12H2,1-3H3/q+1.